The summed E-state index contributed by atoms with van der Waals surface area (Å²) < 4.78 is 0. The topological polar surface area (TPSA) is 20.3 Å². The van der Waals surface area contributed by atoms with Crippen molar-refractivity contribution < 1.29 is 4.79 Å². The summed E-state index contributed by atoms with van der Waals surface area (Å²) in [4.78, 5) is 12.2. The molecule has 0 saturated carbocycles. The minimum absolute atomic E-state index is 0.470. The van der Waals surface area contributed by atoms with Gasteiger partial charge in [0.1, 0.15) is 0 Å². The van der Waals surface area contributed by atoms with Crippen molar-refractivity contribution in [3.05, 3.63) is 0 Å². The van der Waals surface area contributed by atoms with Crippen LogP contribution in [0, 0.1) is 5.92 Å². The van der Waals surface area contributed by atoms with Crippen LogP contribution in [0.1, 0.15) is 20.3 Å². The second-order valence-corrected chi connectivity index (χ2v) is 2.99. The third-order valence-corrected chi connectivity index (χ3v) is 1.97. The second kappa shape index (κ2) is 2.38. The smallest absolute Gasteiger partial charge is 0.209 e. The summed E-state index contributed by atoms with van der Waals surface area (Å²) in [5.74, 6) is 0.699. The summed E-state index contributed by atoms with van der Waals surface area (Å²) in [6.07, 6.45) is 2.12. The van der Waals surface area contributed by atoms with Crippen molar-refractivity contribution in [3.63, 3.8) is 0 Å². The fourth-order valence-corrected chi connectivity index (χ4v) is 1.48. The molecule has 52 valence electrons. The number of hydrogen-bond donors (Lipinski definition) is 0. The Balaban J connectivity index is 2.47. The van der Waals surface area contributed by atoms with Crippen LogP contribution in [-0.4, -0.2) is 23.9 Å². The molecule has 0 spiro atoms. The summed E-state index contributed by atoms with van der Waals surface area (Å²) in [5.41, 5.74) is 0. The maximum Gasteiger partial charge on any atom is 0.209 e. The molecule has 9 heavy (non-hydrogen) atoms. The normalized spacial score (nSPS) is 35.1. The minimum atomic E-state index is 0.470. The Morgan fingerprint density at radius 1 is 1.56 bits per heavy atom. The molecular formula is C7H13NO. The van der Waals surface area contributed by atoms with E-state index in [1.54, 1.807) is 0 Å². The first-order valence-electron chi connectivity index (χ1n) is 3.45. The summed E-state index contributed by atoms with van der Waals surface area (Å²) in [7, 11) is 0. The Hall–Kier alpha value is -0.530. The van der Waals surface area contributed by atoms with Crippen LogP contribution in [0.2, 0.25) is 0 Å². The first kappa shape index (κ1) is 6.59. The summed E-state index contributed by atoms with van der Waals surface area (Å²) in [6.45, 7) is 5.22. The lowest BCUT2D eigenvalue weighted by molar-refractivity contribution is -0.118. The molecule has 0 aliphatic carbocycles. The van der Waals surface area contributed by atoms with Crippen LogP contribution < -0.4 is 0 Å². The van der Waals surface area contributed by atoms with Crippen LogP contribution >= 0.6 is 0 Å². The Kier molecular flexibility index (Phi) is 1.74. The monoisotopic (exact) mass is 127 g/mol. The molecule has 2 nitrogen and oxygen atoms in total. The lowest BCUT2D eigenvalue weighted by Gasteiger charge is -2.13. The number of rotatable bonds is 1. The van der Waals surface area contributed by atoms with E-state index in [9.17, 15) is 4.79 Å². The lowest BCUT2D eigenvalue weighted by atomic mass is 10.1. The highest BCUT2D eigenvalue weighted by atomic mass is 16.1. The molecule has 0 aromatic heterocycles. The van der Waals surface area contributed by atoms with Crippen LogP contribution in [0.15, 0.2) is 0 Å². The van der Waals surface area contributed by atoms with Crippen molar-refractivity contribution >= 4 is 6.41 Å². The molecule has 1 aliphatic heterocycles. The standard InChI is InChI=1S/C7H13NO/c1-6-3-7(2)8(4-6)5-9/h5-7H,3-4H2,1-2H3/t6-,7?/m1/s1. The average Bonchev–Trinajstić information content (AvgIpc) is 2.10. The van der Waals surface area contributed by atoms with Gasteiger partial charge in [0.2, 0.25) is 6.41 Å². The van der Waals surface area contributed by atoms with Crippen molar-refractivity contribution in [2.24, 2.45) is 5.92 Å². The number of likely N-dealkylation sites (tertiary alicyclic amines) is 1. The van der Waals surface area contributed by atoms with Crippen LogP contribution in [0.3, 0.4) is 0 Å². The maximum atomic E-state index is 10.3. The molecule has 1 aliphatic rings. The highest BCUT2D eigenvalue weighted by Gasteiger charge is 2.23. The van der Waals surface area contributed by atoms with Gasteiger partial charge in [0.25, 0.3) is 0 Å². The Bertz CT molecular complexity index is 113. The zero-order chi connectivity index (χ0) is 6.85. The van der Waals surface area contributed by atoms with Crippen molar-refractivity contribution in [2.75, 3.05) is 6.54 Å². The molecule has 0 radical (unpaired) electrons. The molecule has 0 bridgehead atoms. The Morgan fingerprint density at radius 2 is 2.22 bits per heavy atom. The Labute approximate surface area is 55.8 Å². The molecule has 2 atom stereocenters. The highest BCUT2D eigenvalue weighted by molar-refractivity contribution is 5.48. The first-order valence-corrected chi connectivity index (χ1v) is 3.45. The number of hydrogen-bond acceptors (Lipinski definition) is 1. The van der Waals surface area contributed by atoms with E-state index in [1.807, 2.05) is 4.90 Å². The van der Waals surface area contributed by atoms with Gasteiger partial charge < -0.3 is 4.90 Å². The summed E-state index contributed by atoms with van der Waals surface area (Å²) in [5, 5.41) is 0. The van der Waals surface area contributed by atoms with E-state index in [-0.39, 0.29) is 0 Å². The summed E-state index contributed by atoms with van der Waals surface area (Å²) >= 11 is 0. The molecule has 1 heterocycles. The van der Waals surface area contributed by atoms with Gasteiger partial charge in [-0.1, -0.05) is 6.92 Å². The fraction of sp³-hybridized carbons (Fsp3) is 0.857. The molecule has 1 unspecified atom stereocenters. The van der Waals surface area contributed by atoms with Gasteiger partial charge in [-0.25, -0.2) is 0 Å². The molecule has 1 fully saturated rings. The molecule has 2 heteroatoms. The van der Waals surface area contributed by atoms with Gasteiger partial charge in [-0.05, 0) is 19.3 Å². The van der Waals surface area contributed by atoms with Gasteiger partial charge in [-0.3, -0.25) is 4.79 Å². The van der Waals surface area contributed by atoms with Crippen molar-refractivity contribution in [3.8, 4) is 0 Å². The zero-order valence-corrected chi connectivity index (χ0v) is 6.00. The molecule has 0 aromatic rings. The molecule has 1 rings (SSSR count). The Morgan fingerprint density at radius 3 is 2.44 bits per heavy atom. The largest absolute Gasteiger partial charge is 0.342 e. The highest BCUT2D eigenvalue weighted by Crippen LogP contribution is 2.19. The summed E-state index contributed by atoms with van der Waals surface area (Å²) in [6, 6.07) is 0.470. The molecule has 1 amide bonds. The van der Waals surface area contributed by atoms with E-state index in [4.69, 9.17) is 0 Å². The minimum Gasteiger partial charge on any atom is -0.342 e. The molecule has 0 N–H and O–H groups in total. The van der Waals surface area contributed by atoms with Crippen LogP contribution in [0.5, 0.6) is 0 Å². The van der Waals surface area contributed by atoms with E-state index in [2.05, 4.69) is 13.8 Å². The molecule has 1 saturated heterocycles. The van der Waals surface area contributed by atoms with E-state index in [1.165, 1.54) is 6.42 Å². The second-order valence-electron chi connectivity index (χ2n) is 2.99. The number of carbonyl (C=O) groups excluding carboxylic acids is 1. The average molecular weight is 127 g/mol. The van der Waals surface area contributed by atoms with Gasteiger partial charge in [-0.2, -0.15) is 0 Å². The molecule has 0 aromatic carbocycles. The van der Waals surface area contributed by atoms with E-state index < -0.39 is 0 Å². The van der Waals surface area contributed by atoms with Crippen LogP contribution in [-0.2, 0) is 4.79 Å². The van der Waals surface area contributed by atoms with E-state index in [0.717, 1.165) is 13.0 Å². The number of amides is 1. The quantitative estimate of drug-likeness (QED) is 0.479. The zero-order valence-electron chi connectivity index (χ0n) is 6.00. The van der Waals surface area contributed by atoms with Crippen molar-refractivity contribution in [1.29, 1.82) is 0 Å². The van der Waals surface area contributed by atoms with Gasteiger partial charge in [0.15, 0.2) is 0 Å². The molecular weight excluding hydrogens is 114 g/mol. The first-order chi connectivity index (χ1) is 4.24. The van der Waals surface area contributed by atoms with Crippen LogP contribution in [0.4, 0.5) is 0 Å². The van der Waals surface area contributed by atoms with Crippen LogP contribution in [0.25, 0.3) is 0 Å². The fourth-order valence-electron chi connectivity index (χ4n) is 1.48. The van der Waals surface area contributed by atoms with Gasteiger partial charge in [0.05, 0.1) is 0 Å². The number of carbonyl (C=O) groups is 1. The van der Waals surface area contributed by atoms with Gasteiger partial charge >= 0.3 is 0 Å². The predicted octanol–water partition coefficient (Wildman–Crippen LogP) is 0.873. The van der Waals surface area contributed by atoms with Crippen molar-refractivity contribution in [1.82, 2.24) is 4.90 Å². The van der Waals surface area contributed by atoms with E-state index in [0.29, 0.717) is 12.0 Å². The number of nitrogens with zero attached hydrogens (tertiary/aromatic N) is 1. The predicted molar refractivity (Wildman–Crippen MR) is 36.0 cm³/mol. The third-order valence-electron chi connectivity index (χ3n) is 1.97. The lowest BCUT2D eigenvalue weighted by Crippen LogP contribution is -2.24. The van der Waals surface area contributed by atoms with Crippen molar-refractivity contribution in [2.45, 2.75) is 26.3 Å². The maximum absolute atomic E-state index is 10.3. The SMILES string of the molecule is CC1C[C@@H](C)CN1C=O. The van der Waals surface area contributed by atoms with E-state index >= 15 is 0 Å². The third kappa shape index (κ3) is 1.23. The van der Waals surface area contributed by atoms with Gasteiger partial charge in [-0.15, -0.1) is 0 Å². The van der Waals surface area contributed by atoms with Gasteiger partial charge in [0, 0.05) is 12.6 Å².